The third-order valence-corrected chi connectivity index (χ3v) is 10.0. The summed E-state index contributed by atoms with van der Waals surface area (Å²) in [6.45, 7) is 2.43. The molecular formula is C33H63NO13. The molecule has 2 saturated heterocycles. The van der Waals surface area contributed by atoms with Gasteiger partial charge in [-0.1, -0.05) is 66.2 Å². The molecule has 14 heteroatoms. The Morgan fingerprint density at radius 3 is 1.60 bits per heavy atom. The number of amides is 1. The lowest BCUT2D eigenvalue weighted by molar-refractivity contribution is -0.309. The van der Waals surface area contributed by atoms with Crippen molar-refractivity contribution in [1.29, 1.82) is 0 Å². The van der Waals surface area contributed by atoms with Gasteiger partial charge in [0.25, 0.3) is 0 Å². The standard InChI is InChI=1S/C32H59NO13.CH4/c1-3-5-12-32(13-6-4-2,19-10-8-7-9-11-19)14-23(36)33-20(17-43-30-28(41)26(39)24(37)21(15-34)45-30)18-44-31-29(42)27(40)25(38)22(16-35)46-31;/h19-22,24-31,34-35,37-42H,3-18H2,1-2H3,(H,33,36);1H4/t20?,21?,22?,24-,25-,26?,27?,28+,29+,30-,31-;/m0./s1. The molecule has 3 aliphatic rings. The van der Waals surface area contributed by atoms with E-state index in [1.165, 1.54) is 6.42 Å². The summed E-state index contributed by atoms with van der Waals surface area (Å²) in [5.41, 5.74) is -0.169. The molecule has 9 N–H and O–H groups in total. The smallest absolute Gasteiger partial charge is 0.220 e. The third-order valence-electron chi connectivity index (χ3n) is 10.0. The number of rotatable bonds is 18. The van der Waals surface area contributed by atoms with E-state index in [2.05, 4.69) is 19.2 Å². The Balaban J connectivity index is 0.00000768. The van der Waals surface area contributed by atoms with Gasteiger partial charge in [-0.15, -0.1) is 0 Å². The van der Waals surface area contributed by atoms with Crippen molar-refractivity contribution >= 4 is 5.91 Å². The van der Waals surface area contributed by atoms with Crippen LogP contribution in [0.2, 0.25) is 0 Å². The van der Waals surface area contributed by atoms with Crippen molar-refractivity contribution in [3.63, 3.8) is 0 Å². The molecule has 1 amide bonds. The number of aliphatic hydroxyl groups excluding tert-OH is 8. The number of ether oxygens (including phenoxy) is 4. The minimum atomic E-state index is -1.65. The first-order valence-electron chi connectivity index (χ1n) is 17.1. The fraction of sp³-hybridized carbons (Fsp3) is 0.970. The second-order valence-corrected chi connectivity index (χ2v) is 13.4. The maximum atomic E-state index is 13.9. The van der Waals surface area contributed by atoms with Crippen LogP contribution in [0, 0.1) is 11.3 Å². The summed E-state index contributed by atoms with van der Waals surface area (Å²) in [5.74, 6) is 0.205. The van der Waals surface area contributed by atoms with Crippen molar-refractivity contribution in [3.8, 4) is 0 Å². The Kier molecular flexibility index (Phi) is 18.5. The van der Waals surface area contributed by atoms with E-state index in [-0.39, 0.29) is 32.0 Å². The quantitative estimate of drug-likeness (QED) is 0.0935. The number of unbranched alkanes of at least 4 members (excludes halogenated alkanes) is 2. The summed E-state index contributed by atoms with van der Waals surface area (Å²) in [6.07, 6.45) is -3.09. The van der Waals surface area contributed by atoms with Crippen molar-refractivity contribution in [3.05, 3.63) is 0 Å². The van der Waals surface area contributed by atoms with E-state index in [4.69, 9.17) is 18.9 Å². The summed E-state index contributed by atoms with van der Waals surface area (Å²) in [7, 11) is 0. The molecule has 0 aromatic heterocycles. The van der Waals surface area contributed by atoms with Gasteiger partial charge in [-0.25, -0.2) is 0 Å². The van der Waals surface area contributed by atoms with E-state index in [0.29, 0.717) is 12.3 Å². The van der Waals surface area contributed by atoms with Crippen LogP contribution in [0.5, 0.6) is 0 Å². The highest BCUT2D eigenvalue weighted by molar-refractivity contribution is 5.77. The maximum absolute atomic E-state index is 13.9. The molecule has 2 heterocycles. The van der Waals surface area contributed by atoms with Crippen molar-refractivity contribution in [2.45, 2.75) is 166 Å². The molecule has 2 aliphatic heterocycles. The summed E-state index contributed by atoms with van der Waals surface area (Å²) in [6, 6.07) is -0.895. The van der Waals surface area contributed by atoms with Crippen LogP contribution < -0.4 is 5.32 Å². The van der Waals surface area contributed by atoms with Crippen molar-refractivity contribution in [2.75, 3.05) is 26.4 Å². The second kappa shape index (κ2) is 20.6. The lowest BCUT2D eigenvalue weighted by Gasteiger charge is -2.43. The van der Waals surface area contributed by atoms with E-state index >= 15 is 0 Å². The Morgan fingerprint density at radius 1 is 0.745 bits per heavy atom. The minimum Gasteiger partial charge on any atom is -0.394 e. The summed E-state index contributed by atoms with van der Waals surface area (Å²) >= 11 is 0. The molecule has 3 fully saturated rings. The SMILES string of the molecule is C.CCCCC(CCCC)(CC(=O)NC(CO[C@H]1OC(CO)[C@H](O)C(O)[C@H]1O)CO[C@H]1OC(CO)[C@H](O)C(O)[C@H]1O)C1CCCCC1. The van der Waals surface area contributed by atoms with E-state index in [9.17, 15) is 45.6 Å². The van der Waals surface area contributed by atoms with Gasteiger partial charge < -0.3 is 65.1 Å². The van der Waals surface area contributed by atoms with Crippen LogP contribution >= 0.6 is 0 Å². The van der Waals surface area contributed by atoms with Crippen molar-refractivity contribution in [1.82, 2.24) is 5.32 Å². The molecule has 278 valence electrons. The summed E-state index contributed by atoms with van der Waals surface area (Å²) in [4.78, 5) is 13.9. The number of hydrogen-bond donors (Lipinski definition) is 9. The van der Waals surface area contributed by atoms with Crippen molar-refractivity contribution in [2.24, 2.45) is 11.3 Å². The summed E-state index contributed by atoms with van der Waals surface area (Å²) < 4.78 is 22.4. The molecule has 0 bridgehead atoms. The zero-order valence-corrected chi connectivity index (χ0v) is 27.4. The van der Waals surface area contributed by atoms with Gasteiger partial charge in [-0.05, 0) is 37.0 Å². The van der Waals surface area contributed by atoms with Crippen LogP contribution in [0.15, 0.2) is 0 Å². The lowest BCUT2D eigenvalue weighted by Crippen LogP contribution is -2.60. The number of carbonyl (C=O) groups excluding carboxylic acids is 1. The van der Waals surface area contributed by atoms with Crippen LogP contribution in [0.4, 0.5) is 0 Å². The Labute approximate surface area is 279 Å². The molecule has 1 saturated carbocycles. The predicted octanol–water partition coefficient (Wildman–Crippen LogP) is 0.0775. The van der Waals surface area contributed by atoms with E-state index < -0.39 is 80.7 Å². The van der Waals surface area contributed by atoms with Gasteiger partial charge in [0.15, 0.2) is 12.6 Å². The Bertz CT molecular complexity index is 825. The van der Waals surface area contributed by atoms with E-state index in [1.807, 2.05) is 0 Å². The van der Waals surface area contributed by atoms with Crippen molar-refractivity contribution < 1.29 is 64.6 Å². The van der Waals surface area contributed by atoms with Gasteiger partial charge in [0.05, 0.1) is 32.5 Å². The van der Waals surface area contributed by atoms with Gasteiger partial charge in [0.2, 0.25) is 5.91 Å². The number of aliphatic hydroxyl groups is 8. The minimum absolute atomic E-state index is 0. The molecule has 0 aromatic rings. The monoisotopic (exact) mass is 681 g/mol. The number of hydrogen-bond acceptors (Lipinski definition) is 13. The van der Waals surface area contributed by atoms with Crippen LogP contribution in [0.25, 0.3) is 0 Å². The van der Waals surface area contributed by atoms with E-state index in [1.54, 1.807) is 0 Å². The van der Waals surface area contributed by atoms with Gasteiger partial charge in [0.1, 0.15) is 48.8 Å². The fourth-order valence-electron chi connectivity index (χ4n) is 7.19. The Hall–Kier alpha value is -1.01. The molecule has 4 unspecified atom stereocenters. The summed E-state index contributed by atoms with van der Waals surface area (Å²) in [5, 5.41) is 83.7. The highest BCUT2D eigenvalue weighted by Gasteiger charge is 2.46. The lowest BCUT2D eigenvalue weighted by atomic mass is 9.62. The zero-order valence-electron chi connectivity index (χ0n) is 27.4. The molecule has 10 atom stereocenters. The largest absolute Gasteiger partial charge is 0.394 e. The number of nitrogens with one attached hydrogen (secondary N) is 1. The average Bonchev–Trinajstić information content (AvgIpc) is 3.06. The second-order valence-electron chi connectivity index (χ2n) is 13.4. The van der Waals surface area contributed by atoms with Gasteiger partial charge in [-0.2, -0.15) is 0 Å². The van der Waals surface area contributed by atoms with Gasteiger partial charge in [-0.3, -0.25) is 4.79 Å². The molecule has 0 aromatic carbocycles. The predicted molar refractivity (Wildman–Crippen MR) is 171 cm³/mol. The average molecular weight is 682 g/mol. The number of carbonyl (C=O) groups is 1. The highest BCUT2D eigenvalue weighted by atomic mass is 16.7. The first-order chi connectivity index (χ1) is 22.0. The highest BCUT2D eigenvalue weighted by Crippen LogP contribution is 2.48. The molecule has 0 spiro atoms. The first kappa shape index (κ1) is 42.2. The Morgan fingerprint density at radius 2 is 1.19 bits per heavy atom. The molecule has 47 heavy (non-hydrogen) atoms. The molecular weight excluding hydrogens is 618 g/mol. The van der Waals surface area contributed by atoms with Crippen LogP contribution in [-0.2, 0) is 23.7 Å². The van der Waals surface area contributed by atoms with Crippen LogP contribution in [0.1, 0.15) is 98.3 Å². The molecule has 3 rings (SSSR count). The van der Waals surface area contributed by atoms with Crippen LogP contribution in [-0.4, -0.2) is 141 Å². The third kappa shape index (κ3) is 11.2. The fourth-order valence-corrected chi connectivity index (χ4v) is 7.19. The maximum Gasteiger partial charge on any atom is 0.220 e. The van der Waals surface area contributed by atoms with Gasteiger partial charge in [0, 0.05) is 6.42 Å². The molecule has 0 radical (unpaired) electrons. The molecule has 1 aliphatic carbocycles. The first-order valence-corrected chi connectivity index (χ1v) is 17.1. The van der Waals surface area contributed by atoms with E-state index in [0.717, 1.165) is 64.2 Å². The molecule has 14 nitrogen and oxygen atoms in total. The van der Waals surface area contributed by atoms with Crippen LogP contribution in [0.3, 0.4) is 0 Å². The zero-order chi connectivity index (χ0) is 33.9. The van der Waals surface area contributed by atoms with Gasteiger partial charge >= 0.3 is 0 Å². The topological polar surface area (TPSA) is 228 Å². The normalized spacial score (nSPS) is 34.4.